The Morgan fingerprint density at radius 1 is 1.12 bits per heavy atom. The zero-order chi connectivity index (χ0) is 11.3. The van der Waals surface area contributed by atoms with Gasteiger partial charge in [0.25, 0.3) is 0 Å². The van der Waals surface area contributed by atoms with Crippen LogP contribution in [0.15, 0.2) is 34.9 Å². The molecule has 0 aliphatic rings. The van der Waals surface area contributed by atoms with Gasteiger partial charge in [-0.1, -0.05) is 22.0 Å². The number of nitrogens with zero attached hydrogens (tertiary/aromatic N) is 2. The molecule has 0 aliphatic carbocycles. The monoisotopic (exact) mass is 274 g/mol. The number of aromatic nitrogens is 2. The second-order valence-electron chi connectivity index (χ2n) is 4.06. The number of hydrogen-bond donors (Lipinski definition) is 0. The zero-order valence-electron chi connectivity index (χ0n) is 9.16. The van der Waals surface area contributed by atoms with Gasteiger partial charge in [-0.2, -0.15) is 0 Å². The van der Waals surface area contributed by atoms with Crippen molar-refractivity contribution in [3.8, 4) is 0 Å². The van der Waals surface area contributed by atoms with Gasteiger partial charge in [0.05, 0.1) is 11.0 Å². The molecular weight excluding hydrogens is 264 g/mol. The minimum absolute atomic E-state index is 1.05. The average Bonchev–Trinajstić information content (AvgIpc) is 2.53. The first-order valence-electron chi connectivity index (χ1n) is 5.17. The number of benzene rings is 1. The lowest BCUT2D eigenvalue weighted by Gasteiger charge is -1.98. The van der Waals surface area contributed by atoms with E-state index in [1.165, 1.54) is 21.8 Å². The Kier molecular flexibility index (Phi) is 2.04. The van der Waals surface area contributed by atoms with E-state index in [4.69, 9.17) is 0 Å². The quantitative estimate of drug-likeness (QED) is 0.610. The number of fused-ring (bicyclic) bond motifs is 3. The van der Waals surface area contributed by atoms with E-state index in [-0.39, 0.29) is 0 Å². The molecule has 0 atom stereocenters. The van der Waals surface area contributed by atoms with Crippen molar-refractivity contribution in [2.75, 3.05) is 0 Å². The molecule has 0 unspecified atom stereocenters. The first-order chi connectivity index (χ1) is 7.66. The van der Waals surface area contributed by atoms with Gasteiger partial charge in [0.15, 0.2) is 0 Å². The van der Waals surface area contributed by atoms with E-state index in [2.05, 4.69) is 56.8 Å². The number of rotatable bonds is 0. The normalized spacial score (nSPS) is 11.4. The van der Waals surface area contributed by atoms with Crippen molar-refractivity contribution in [1.29, 1.82) is 0 Å². The summed E-state index contributed by atoms with van der Waals surface area (Å²) in [5.74, 6) is 0. The van der Waals surface area contributed by atoms with Gasteiger partial charge in [0.1, 0.15) is 0 Å². The summed E-state index contributed by atoms with van der Waals surface area (Å²) in [4.78, 5) is 4.37. The Bertz CT molecular complexity index is 639. The number of aryl methyl sites for hydroxylation is 2. The molecule has 2 heterocycles. The van der Waals surface area contributed by atoms with E-state index in [9.17, 15) is 0 Å². The molecule has 3 aromatic rings. The lowest BCUT2D eigenvalue weighted by Crippen LogP contribution is -1.87. The fraction of sp³-hybridized carbons (Fsp3) is 0.154. The van der Waals surface area contributed by atoms with Crippen LogP contribution < -0.4 is 0 Å². The number of pyridine rings is 1. The van der Waals surface area contributed by atoms with Crippen LogP contribution in [-0.4, -0.2) is 9.55 Å². The van der Waals surface area contributed by atoms with Crippen LogP contribution >= 0.6 is 15.9 Å². The molecule has 0 fully saturated rings. The van der Waals surface area contributed by atoms with Crippen LogP contribution in [-0.2, 0) is 7.05 Å². The predicted molar refractivity (Wildman–Crippen MR) is 70.7 cm³/mol. The fourth-order valence-electron chi connectivity index (χ4n) is 2.17. The summed E-state index contributed by atoms with van der Waals surface area (Å²) in [5, 5.41) is 2.48. The van der Waals surface area contributed by atoms with E-state index < -0.39 is 0 Å². The Morgan fingerprint density at radius 3 is 2.69 bits per heavy atom. The molecule has 2 aromatic heterocycles. The third-order valence-electron chi connectivity index (χ3n) is 2.99. The highest BCUT2D eigenvalue weighted by molar-refractivity contribution is 9.10. The first kappa shape index (κ1) is 9.85. The highest BCUT2D eigenvalue weighted by Crippen LogP contribution is 2.29. The first-order valence-corrected chi connectivity index (χ1v) is 5.96. The lowest BCUT2D eigenvalue weighted by atomic mass is 10.2. The third kappa shape index (κ3) is 1.28. The summed E-state index contributed by atoms with van der Waals surface area (Å²) in [6, 6.07) is 8.48. The maximum absolute atomic E-state index is 4.37. The van der Waals surface area contributed by atoms with Crippen LogP contribution in [0.25, 0.3) is 21.8 Å². The van der Waals surface area contributed by atoms with Crippen LogP contribution in [0.3, 0.4) is 0 Å². The molecule has 80 valence electrons. The topological polar surface area (TPSA) is 17.8 Å². The smallest absolute Gasteiger partial charge is 0.0522 e. The van der Waals surface area contributed by atoms with Crippen molar-refractivity contribution >= 4 is 37.7 Å². The van der Waals surface area contributed by atoms with Gasteiger partial charge in [-0.15, -0.1) is 0 Å². The Morgan fingerprint density at radius 2 is 1.88 bits per heavy atom. The molecule has 0 amide bonds. The third-order valence-corrected chi connectivity index (χ3v) is 3.48. The molecule has 2 nitrogen and oxygen atoms in total. The lowest BCUT2D eigenvalue weighted by molar-refractivity contribution is 1.01. The van der Waals surface area contributed by atoms with Crippen LogP contribution in [0.1, 0.15) is 5.69 Å². The fourth-order valence-corrected chi connectivity index (χ4v) is 2.52. The predicted octanol–water partition coefficient (Wildman–Crippen LogP) is 3.80. The van der Waals surface area contributed by atoms with Gasteiger partial charge < -0.3 is 4.57 Å². The van der Waals surface area contributed by atoms with Gasteiger partial charge in [-0.3, -0.25) is 4.98 Å². The molecule has 16 heavy (non-hydrogen) atoms. The van der Waals surface area contributed by atoms with Crippen molar-refractivity contribution in [2.45, 2.75) is 6.92 Å². The molecule has 1 aromatic carbocycles. The summed E-state index contributed by atoms with van der Waals surface area (Å²) in [5.41, 5.74) is 3.52. The highest BCUT2D eigenvalue weighted by Gasteiger charge is 2.08. The van der Waals surface area contributed by atoms with E-state index in [1.807, 2.05) is 13.1 Å². The van der Waals surface area contributed by atoms with Gasteiger partial charge in [-0.05, 0) is 25.1 Å². The van der Waals surface area contributed by atoms with Crippen molar-refractivity contribution in [2.24, 2.45) is 7.05 Å². The molecule has 0 N–H and O–H groups in total. The van der Waals surface area contributed by atoms with E-state index >= 15 is 0 Å². The zero-order valence-corrected chi connectivity index (χ0v) is 10.7. The summed E-state index contributed by atoms with van der Waals surface area (Å²) < 4.78 is 3.32. The molecule has 0 aliphatic heterocycles. The Balaban J connectivity index is 2.59. The molecule has 0 spiro atoms. The van der Waals surface area contributed by atoms with E-state index in [1.54, 1.807) is 0 Å². The molecule has 3 rings (SSSR count). The summed E-state index contributed by atoms with van der Waals surface area (Å²) >= 11 is 3.51. The largest absolute Gasteiger partial charge is 0.343 e. The molecular formula is C13H11BrN2. The number of hydrogen-bond acceptors (Lipinski definition) is 1. The van der Waals surface area contributed by atoms with Gasteiger partial charge in [0, 0.05) is 34.2 Å². The van der Waals surface area contributed by atoms with Gasteiger partial charge in [0.2, 0.25) is 0 Å². The minimum Gasteiger partial charge on any atom is -0.343 e. The van der Waals surface area contributed by atoms with Gasteiger partial charge in [-0.25, -0.2) is 0 Å². The second-order valence-corrected chi connectivity index (χ2v) is 4.98. The maximum Gasteiger partial charge on any atom is 0.0522 e. The van der Waals surface area contributed by atoms with E-state index in [0.717, 1.165) is 10.2 Å². The Labute approximate surface area is 102 Å². The van der Waals surface area contributed by atoms with Gasteiger partial charge >= 0.3 is 0 Å². The average molecular weight is 275 g/mol. The Hall–Kier alpha value is -1.35. The maximum atomic E-state index is 4.37. The van der Waals surface area contributed by atoms with Crippen LogP contribution in [0.5, 0.6) is 0 Å². The highest BCUT2D eigenvalue weighted by atomic mass is 79.9. The standard InChI is InChI=1S/C13H11BrN2/c1-8-5-12-11(7-15-8)10-4-3-9(14)6-13(10)16(12)2/h3-7H,1-2H3. The SMILES string of the molecule is Cc1cc2c(cn1)c1ccc(Br)cc1n2C. The van der Waals surface area contributed by atoms with Crippen LogP contribution in [0, 0.1) is 6.92 Å². The number of halogens is 1. The van der Waals surface area contributed by atoms with Crippen molar-refractivity contribution in [1.82, 2.24) is 9.55 Å². The minimum atomic E-state index is 1.05. The molecule has 0 radical (unpaired) electrons. The summed E-state index contributed by atoms with van der Waals surface area (Å²) in [6.45, 7) is 2.02. The van der Waals surface area contributed by atoms with Crippen molar-refractivity contribution < 1.29 is 0 Å². The van der Waals surface area contributed by atoms with Crippen molar-refractivity contribution in [3.63, 3.8) is 0 Å². The summed E-state index contributed by atoms with van der Waals surface area (Å²) in [6.07, 6.45) is 1.96. The summed E-state index contributed by atoms with van der Waals surface area (Å²) in [7, 11) is 2.09. The van der Waals surface area contributed by atoms with Crippen LogP contribution in [0.4, 0.5) is 0 Å². The molecule has 0 saturated carbocycles. The second kappa shape index (κ2) is 3.32. The molecule has 0 bridgehead atoms. The van der Waals surface area contributed by atoms with Crippen LogP contribution in [0.2, 0.25) is 0 Å². The van der Waals surface area contributed by atoms with E-state index in [0.29, 0.717) is 0 Å². The molecule has 0 saturated heterocycles. The molecule has 3 heteroatoms. The van der Waals surface area contributed by atoms with Crippen molar-refractivity contribution in [3.05, 3.63) is 40.6 Å².